The van der Waals surface area contributed by atoms with Crippen LogP contribution >= 0.6 is 23.2 Å². The van der Waals surface area contributed by atoms with Gasteiger partial charge in [-0.2, -0.15) is 0 Å². The summed E-state index contributed by atoms with van der Waals surface area (Å²) in [7, 11) is 1.65. The zero-order valence-electron chi connectivity index (χ0n) is 20.4. The van der Waals surface area contributed by atoms with Gasteiger partial charge >= 0.3 is 0 Å². The maximum absolute atomic E-state index is 12.8. The summed E-state index contributed by atoms with van der Waals surface area (Å²) < 4.78 is 5.40. The third-order valence-electron chi connectivity index (χ3n) is 6.09. The molecular weight excluding hydrogens is 485 g/mol. The summed E-state index contributed by atoms with van der Waals surface area (Å²) in [4.78, 5) is 31.6. The number of ether oxygens (including phenoxy) is 1. The van der Waals surface area contributed by atoms with Crippen LogP contribution in [0.5, 0.6) is 5.75 Å². The number of halogens is 2. The molecule has 2 amide bonds. The number of para-hydroxylation sites is 1. The van der Waals surface area contributed by atoms with Gasteiger partial charge in [0.15, 0.2) is 0 Å². The molecule has 35 heavy (non-hydrogen) atoms. The van der Waals surface area contributed by atoms with Gasteiger partial charge < -0.3 is 14.5 Å². The SMILES string of the molecule is CCCC(=O)N(C/C=C/c1ccccc1OC)CCN1CCN(C(=O)c2ccc(Cl)c(Cl)c2)CC1. The van der Waals surface area contributed by atoms with E-state index in [1.807, 2.05) is 53.1 Å². The van der Waals surface area contributed by atoms with E-state index in [9.17, 15) is 9.59 Å². The molecule has 1 aliphatic heterocycles. The Hall–Kier alpha value is -2.54. The minimum absolute atomic E-state index is 0.0376. The molecule has 0 radical (unpaired) electrons. The van der Waals surface area contributed by atoms with Crippen molar-refractivity contribution < 1.29 is 14.3 Å². The Bertz CT molecular complexity index is 1040. The molecule has 0 atom stereocenters. The molecule has 0 aromatic heterocycles. The number of rotatable bonds is 10. The Morgan fingerprint density at radius 1 is 1.06 bits per heavy atom. The highest BCUT2D eigenvalue weighted by atomic mass is 35.5. The summed E-state index contributed by atoms with van der Waals surface area (Å²) in [5, 5.41) is 0.820. The van der Waals surface area contributed by atoms with E-state index in [2.05, 4.69) is 4.90 Å². The van der Waals surface area contributed by atoms with Gasteiger partial charge in [-0.3, -0.25) is 14.5 Å². The Kier molecular flexibility index (Phi) is 10.5. The first-order valence-corrected chi connectivity index (χ1v) is 12.7. The Morgan fingerprint density at radius 2 is 1.80 bits per heavy atom. The molecular formula is C27H33Cl2N3O3. The lowest BCUT2D eigenvalue weighted by Crippen LogP contribution is -2.50. The van der Waals surface area contributed by atoms with Gasteiger partial charge in [-0.05, 0) is 30.7 Å². The summed E-state index contributed by atoms with van der Waals surface area (Å²) in [6, 6.07) is 12.8. The van der Waals surface area contributed by atoms with Gasteiger partial charge in [-0.1, -0.05) is 60.5 Å². The van der Waals surface area contributed by atoms with E-state index < -0.39 is 0 Å². The maximum Gasteiger partial charge on any atom is 0.253 e. The number of nitrogens with zero attached hydrogens (tertiary/aromatic N) is 3. The number of piperazine rings is 1. The zero-order valence-corrected chi connectivity index (χ0v) is 21.9. The zero-order chi connectivity index (χ0) is 25.2. The molecule has 0 bridgehead atoms. The third kappa shape index (κ3) is 7.72. The van der Waals surface area contributed by atoms with Crippen LogP contribution in [0.2, 0.25) is 10.0 Å². The third-order valence-corrected chi connectivity index (χ3v) is 6.83. The molecule has 0 N–H and O–H groups in total. The van der Waals surface area contributed by atoms with Gasteiger partial charge in [0.05, 0.1) is 17.2 Å². The molecule has 0 aliphatic carbocycles. The molecule has 188 valence electrons. The molecule has 6 nitrogen and oxygen atoms in total. The number of carbonyl (C=O) groups excluding carboxylic acids is 2. The molecule has 1 aliphatic rings. The molecule has 0 unspecified atom stereocenters. The summed E-state index contributed by atoms with van der Waals surface area (Å²) in [6.07, 6.45) is 5.37. The fourth-order valence-electron chi connectivity index (χ4n) is 4.05. The number of benzene rings is 2. The van der Waals surface area contributed by atoms with Gasteiger partial charge in [0.25, 0.3) is 5.91 Å². The lowest BCUT2D eigenvalue weighted by Gasteiger charge is -2.36. The fourth-order valence-corrected chi connectivity index (χ4v) is 4.35. The van der Waals surface area contributed by atoms with Crippen LogP contribution in [0.25, 0.3) is 6.08 Å². The number of methoxy groups -OCH3 is 1. The van der Waals surface area contributed by atoms with Crippen LogP contribution < -0.4 is 4.74 Å². The van der Waals surface area contributed by atoms with Crippen LogP contribution in [-0.2, 0) is 4.79 Å². The molecule has 2 aromatic carbocycles. The van der Waals surface area contributed by atoms with E-state index in [-0.39, 0.29) is 11.8 Å². The van der Waals surface area contributed by atoms with Gasteiger partial charge in [0.2, 0.25) is 5.91 Å². The topological polar surface area (TPSA) is 53.1 Å². The van der Waals surface area contributed by atoms with Gasteiger partial charge in [-0.15, -0.1) is 0 Å². The summed E-state index contributed by atoms with van der Waals surface area (Å²) in [5.41, 5.74) is 1.53. The summed E-state index contributed by atoms with van der Waals surface area (Å²) >= 11 is 12.0. The Morgan fingerprint density at radius 3 is 2.49 bits per heavy atom. The molecule has 0 spiro atoms. The number of amides is 2. The van der Waals surface area contributed by atoms with E-state index in [1.165, 1.54) is 0 Å². The number of hydrogen-bond donors (Lipinski definition) is 0. The van der Waals surface area contributed by atoms with Crippen LogP contribution in [-0.4, -0.2) is 79.4 Å². The van der Waals surface area contributed by atoms with Crippen molar-refractivity contribution in [3.05, 3.63) is 69.7 Å². The Balaban J connectivity index is 1.52. The lowest BCUT2D eigenvalue weighted by molar-refractivity contribution is -0.130. The highest BCUT2D eigenvalue weighted by Crippen LogP contribution is 2.23. The highest BCUT2D eigenvalue weighted by Gasteiger charge is 2.23. The normalized spacial score (nSPS) is 14.3. The van der Waals surface area contributed by atoms with E-state index in [4.69, 9.17) is 27.9 Å². The van der Waals surface area contributed by atoms with Gasteiger partial charge in [-0.25, -0.2) is 0 Å². The van der Waals surface area contributed by atoms with Gasteiger partial charge in [0.1, 0.15) is 5.75 Å². The minimum atomic E-state index is -0.0376. The van der Waals surface area contributed by atoms with Crippen molar-refractivity contribution in [2.45, 2.75) is 19.8 Å². The monoisotopic (exact) mass is 517 g/mol. The van der Waals surface area contributed by atoms with Crippen molar-refractivity contribution in [1.29, 1.82) is 0 Å². The van der Waals surface area contributed by atoms with Crippen LogP contribution in [0.1, 0.15) is 35.7 Å². The molecule has 3 rings (SSSR count). The predicted molar refractivity (Wildman–Crippen MR) is 142 cm³/mol. The Labute approximate surface area is 218 Å². The number of carbonyl (C=O) groups is 2. The molecule has 8 heteroatoms. The van der Waals surface area contributed by atoms with Crippen LogP contribution in [0.3, 0.4) is 0 Å². The average molecular weight is 518 g/mol. The van der Waals surface area contributed by atoms with Crippen LogP contribution in [0, 0.1) is 0 Å². The minimum Gasteiger partial charge on any atom is -0.496 e. The van der Waals surface area contributed by atoms with Gasteiger partial charge in [0, 0.05) is 63.4 Å². The fraction of sp³-hybridized carbons (Fsp3) is 0.407. The molecule has 0 saturated carbocycles. The first-order valence-electron chi connectivity index (χ1n) is 12.0. The predicted octanol–water partition coefficient (Wildman–Crippen LogP) is 5.10. The second kappa shape index (κ2) is 13.5. The summed E-state index contributed by atoms with van der Waals surface area (Å²) in [5.74, 6) is 0.929. The molecule has 2 aromatic rings. The van der Waals surface area contributed by atoms with Crippen molar-refractivity contribution in [3.63, 3.8) is 0 Å². The largest absolute Gasteiger partial charge is 0.496 e. The van der Waals surface area contributed by atoms with Crippen molar-refractivity contribution in [2.24, 2.45) is 0 Å². The van der Waals surface area contributed by atoms with Crippen LogP contribution in [0.4, 0.5) is 0 Å². The second-order valence-corrected chi connectivity index (χ2v) is 9.31. The van der Waals surface area contributed by atoms with Crippen LogP contribution in [0.15, 0.2) is 48.5 Å². The highest BCUT2D eigenvalue weighted by molar-refractivity contribution is 6.42. The van der Waals surface area contributed by atoms with Crippen molar-refractivity contribution >= 4 is 41.1 Å². The first kappa shape index (κ1) is 27.1. The number of hydrogen-bond acceptors (Lipinski definition) is 4. The van der Waals surface area contributed by atoms with E-state index in [0.29, 0.717) is 48.2 Å². The van der Waals surface area contributed by atoms with E-state index >= 15 is 0 Å². The molecule has 1 fully saturated rings. The standard InChI is InChI=1S/C27H33Cl2N3O3/c1-3-7-26(33)31(13-6-9-21-8-4-5-10-25(21)35-2)17-14-30-15-18-32(19-16-30)27(34)22-11-12-23(28)24(29)20-22/h4-6,8-12,20H,3,7,13-19H2,1-2H3/b9-6+. The van der Waals surface area contributed by atoms with Crippen molar-refractivity contribution in [2.75, 3.05) is 52.9 Å². The molecule has 1 heterocycles. The summed E-state index contributed by atoms with van der Waals surface area (Å²) in [6.45, 7) is 6.78. The molecule has 1 saturated heterocycles. The van der Waals surface area contributed by atoms with E-state index in [1.54, 1.807) is 25.3 Å². The maximum atomic E-state index is 12.8. The first-order chi connectivity index (χ1) is 16.9. The average Bonchev–Trinajstić information content (AvgIpc) is 2.88. The lowest BCUT2D eigenvalue weighted by atomic mass is 10.1. The van der Waals surface area contributed by atoms with E-state index in [0.717, 1.165) is 37.4 Å². The van der Waals surface area contributed by atoms with Crippen molar-refractivity contribution in [1.82, 2.24) is 14.7 Å². The smallest absolute Gasteiger partial charge is 0.253 e. The second-order valence-electron chi connectivity index (χ2n) is 8.50. The quantitative estimate of drug-likeness (QED) is 0.439. The van der Waals surface area contributed by atoms with Crippen molar-refractivity contribution in [3.8, 4) is 5.75 Å².